The highest BCUT2D eigenvalue weighted by atomic mass is 32.1. The number of aromatic nitrogens is 3. The first kappa shape index (κ1) is 21.5. The molecule has 2 aromatic heterocycles. The van der Waals surface area contributed by atoms with Crippen molar-refractivity contribution in [2.24, 2.45) is 4.99 Å². The zero-order valence-electron chi connectivity index (χ0n) is 17.3. The van der Waals surface area contributed by atoms with Crippen molar-refractivity contribution in [1.82, 2.24) is 25.4 Å². The van der Waals surface area contributed by atoms with E-state index in [9.17, 15) is 4.79 Å². The Morgan fingerprint density at radius 3 is 2.90 bits per heavy atom. The predicted octanol–water partition coefficient (Wildman–Crippen LogP) is 2.58. The van der Waals surface area contributed by atoms with Gasteiger partial charge in [0.1, 0.15) is 6.54 Å². The number of thiazole rings is 1. The molecule has 0 spiro atoms. The molecule has 0 aliphatic carbocycles. The van der Waals surface area contributed by atoms with Crippen molar-refractivity contribution < 1.29 is 4.79 Å². The van der Waals surface area contributed by atoms with E-state index in [0.717, 1.165) is 47.4 Å². The molecule has 1 amide bonds. The molecule has 2 heterocycles. The van der Waals surface area contributed by atoms with Gasteiger partial charge in [0.05, 0.1) is 17.2 Å². The molecule has 30 heavy (non-hydrogen) atoms. The molecule has 0 unspecified atom stereocenters. The minimum absolute atomic E-state index is 0.119. The van der Waals surface area contributed by atoms with Crippen molar-refractivity contribution in [2.45, 2.75) is 33.4 Å². The summed E-state index contributed by atoms with van der Waals surface area (Å²) in [6.07, 6.45) is 4.27. The van der Waals surface area contributed by atoms with Gasteiger partial charge in [-0.1, -0.05) is 12.1 Å². The third-order valence-electron chi connectivity index (χ3n) is 4.18. The summed E-state index contributed by atoms with van der Waals surface area (Å²) in [4.78, 5) is 21.3. The van der Waals surface area contributed by atoms with Gasteiger partial charge in [-0.05, 0) is 37.6 Å². The van der Waals surface area contributed by atoms with Crippen LogP contribution in [-0.2, 0) is 24.3 Å². The summed E-state index contributed by atoms with van der Waals surface area (Å²) in [5.74, 6) is 0.643. The second-order valence-corrected chi connectivity index (χ2v) is 7.74. The van der Waals surface area contributed by atoms with Crippen molar-refractivity contribution in [3.63, 3.8) is 0 Å². The van der Waals surface area contributed by atoms with Crippen molar-refractivity contribution in [1.29, 1.82) is 0 Å². The molecule has 8 nitrogen and oxygen atoms in total. The van der Waals surface area contributed by atoms with Gasteiger partial charge in [-0.3, -0.25) is 9.48 Å². The average Bonchev–Trinajstić information content (AvgIpc) is 3.38. The maximum Gasteiger partial charge on any atom is 0.246 e. The first-order valence-corrected chi connectivity index (χ1v) is 10.8. The van der Waals surface area contributed by atoms with Crippen LogP contribution in [0, 0.1) is 6.92 Å². The first-order valence-electron chi connectivity index (χ1n) is 9.92. The fourth-order valence-corrected chi connectivity index (χ4v) is 3.48. The van der Waals surface area contributed by atoms with Crippen LogP contribution in [0.1, 0.15) is 23.2 Å². The van der Waals surface area contributed by atoms with E-state index >= 15 is 0 Å². The molecule has 0 atom stereocenters. The molecule has 3 rings (SSSR count). The third-order valence-corrected chi connectivity index (χ3v) is 5.00. The smallest absolute Gasteiger partial charge is 0.246 e. The maximum atomic E-state index is 12.2. The zero-order chi connectivity index (χ0) is 21.2. The molecule has 0 saturated heterocycles. The van der Waals surface area contributed by atoms with Crippen LogP contribution in [0.4, 0.5) is 5.69 Å². The van der Waals surface area contributed by atoms with Crippen molar-refractivity contribution in [3.05, 3.63) is 64.4 Å². The van der Waals surface area contributed by atoms with E-state index in [1.165, 1.54) is 0 Å². The van der Waals surface area contributed by atoms with Gasteiger partial charge in [0.25, 0.3) is 0 Å². The Kier molecular flexibility index (Phi) is 7.96. The highest BCUT2D eigenvalue weighted by Gasteiger charge is 2.05. The normalized spacial score (nSPS) is 11.3. The van der Waals surface area contributed by atoms with Gasteiger partial charge in [0, 0.05) is 43.0 Å². The van der Waals surface area contributed by atoms with Gasteiger partial charge in [0.2, 0.25) is 5.91 Å². The number of rotatable bonds is 9. The number of hydrogen-bond acceptors (Lipinski definition) is 5. The number of nitrogens with one attached hydrogen (secondary N) is 3. The second-order valence-electron chi connectivity index (χ2n) is 6.68. The Morgan fingerprint density at radius 1 is 1.27 bits per heavy atom. The summed E-state index contributed by atoms with van der Waals surface area (Å²) in [5, 5.41) is 16.7. The summed E-state index contributed by atoms with van der Waals surface area (Å²) >= 11 is 1.67. The van der Waals surface area contributed by atoms with Crippen LogP contribution < -0.4 is 16.0 Å². The van der Waals surface area contributed by atoms with Gasteiger partial charge in [0.15, 0.2) is 5.96 Å². The van der Waals surface area contributed by atoms with E-state index < -0.39 is 0 Å². The lowest BCUT2D eigenvalue weighted by molar-refractivity contribution is -0.116. The number of nitrogens with zero attached hydrogens (tertiary/aromatic N) is 4. The molecular formula is C21H27N7OS. The standard InChI is InChI=1S/C21H27N7OS/c1-3-22-21(23-10-8-19-15-30-16(2)26-19)24-13-17-6-4-7-18(12-17)27-20(29)14-28-11-5-9-25-28/h4-7,9,11-12,15H,3,8,10,13-14H2,1-2H3,(H,27,29)(H2,22,23,24). The summed E-state index contributed by atoms with van der Waals surface area (Å²) in [5.41, 5.74) is 2.86. The van der Waals surface area contributed by atoms with E-state index in [-0.39, 0.29) is 12.5 Å². The van der Waals surface area contributed by atoms with Crippen LogP contribution in [0.3, 0.4) is 0 Å². The minimum Gasteiger partial charge on any atom is -0.357 e. The van der Waals surface area contributed by atoms with Gasteiger partial charge in [-0.2, -0.15) is 5.10 Å². The number of benzene rings is 1. The fourth-order valence-electron chi connectivity index (χ4n) is 2.83. The third kappa shape index (κ3) is 7.00. The van der Waals surface area contributed by atoms with Crippen molar-refractivity contribution >= 4 is 28.9 Å². The van der Waals surface area contributed by atoms with Crippen LogP contribution in [0.5, 0.6) is 0 Å². The molecule has 158 valence electrons. The molecule has 0 fully saturated rings. The van der Waals surface area contributed by atoms with Crippen LogP contribution in [-0.4, -0.2) is 39.7 Å². The highest BCUT2D eigenvalue weighted by Crippen LogP contribution is 2.12. The number of anilines is 1. The Hall–Kier alpha value is -3.20. The summed E-state index contributed by atoms with van der Waals surface area (Å²) in [6, 6.07) is 9.51. The number of amides is 1. The van der Waals surface area contributed by atoms with E-state index in [1.54, 1.807) is 34.5 Å². The molecule has 3 N–H and O–H groups in total. The predicted molar refractivity (Wildman–Crippen MR) is 121 cm³/mol. The van der Waals surface area contributed by atoms with E-state index in [4.69, 9.17) is 0 Å². The molecule has 0 bridgehead atoms. The maximum absolute atomic E-state index is 12.2. The molecule has 0 saturated carbocycles. The average molecular weight is 426 g/mol. The first-order chi connectivity index (χ1) is 14.6. The monoisotopic (exact) mass is 425 g/mol. The molecule has 0 aliphatic rings. The van der Waals surface area contributed by atoms with E-state index in [1.807, 2.05) is 38.1 Å². The molecular weight excluding hydrogens is 398 g/mol. The Bertz CT molecular complexity index is 965. The summed E-state index contributed by atoms with van der Waals surface area (Å²) in [7, 11) is 0. The van der Waals surface area contributed by atoms with Crippen molar-refractivity contribution in [2.75, 3.05) is 18.4 Å². The van der Waals surface area contributed by atoms with Crippen LogP contribution in [0.25, 0.3) is 0 Å². The number of aryl methyl sites for hydroxylation is 1. The molecule has 9 heteroatoms. The Morgan fingerprint density at radius 2 is 2.17 bits per heavy atom. The van der Waals surface area contributed by atoms with Crippen LogP contribution >= 0.6 is 11.3 Å². The Labute approximate surface area is 180 Å². The van der Waals surface area contributed by atoms with Crippen molar-refractivity contribution in [3.8, 4) is 0 Å². The minimum atomic E-state index is -0.119. The molecule has 1 aromatic carbocycles. The number of carbonyl (C=O) groups is 1. The van der Waals surface area contributed by atoms with Gasteiger partial charge in [-0.25, -0.2) is 9.98 Å². The SMILES string of the molecule is CCNC(=NCc1cccc(NC(=O)Cn2cccn2)c1)NCCc1csc(C)n1. The van der Waals surface area contributed by atoms with Gasteiger partial charge < -0.3 is 16.0 Å². The van der Waals surface area contributed by atoms with Gasteiger partial charge in [-0.15, -0.1) is 11.3 Å². The quantitative estimate of drug-likeness (QED) is 0.362. The summed E-state index contributed by atoms with van der Waals surface area (Å²) in [6.45, 7) is 6.29. The van der Waals surface area contributed by atoms with E-state index in [2.05, 4.69) is 36.4 Å². The highest BCUT2D eigenvalue weighted by molar-refractivity contribution is 7.09. The lowest BCUT2D eigenvalue weighted by atomic mass is 10.2. The molecule has 3 aromatic rings. The number of hydrogen-bond donors (Lipinski definition) is 3. The zero-order valence-corrected chi connectivity index (χ0v) is 18.1. The number of aliphatic imine (C=N–C) groups is 1. The van der Waals surface area contributed by atoms with Crippen LogP contribution in [0.15, 0.2) is 53.1 Å². The lowest BCUT2D eigenvalue weighted by Crippen LogP contribution is -2.38. The number of carbonyl (C=O) groups excluding carboxylic acids is 1. The number of guanidine groups is 1. The van der Waals surface area contributed by atoms with Crippen LogP contribution in [0.2, 0.25) is 0 Å². The summed E-state index contributed by atoms with van der Waals surface area (Å²) < 4.78 is 1.59. The van der Waals surface area contributed by atoms with Gasteiger partial charge >= 0.3 is 0 Å². The Balaban J connectivity index is 1.52. The topological polar surface area (TPSA) is 96.2 Å². The second kappa shape index (κ2) is 11.1. The fraction of sp³-hybridized carbons (Fsp3) is 0.333. The largest absolute Gasteiger partial charge is 0.357 e. The molecule has 0 aliphatic heterocycles. The van der Waals surface area contributed by atoms with E-state index in [0.29, 0.717) is 6.54 Å². The molecule has 0 radical (unpaired) electrons. The lowest BCUT2D eigenvalue weighted by Gasteiger charge is -2.11.